The average Bonchev–Trinajstić information content (AvgIpc) is 2.68. The fourth-order valence-corrected chi connectivity index (χ4v) is 2.78. The van der Waals surface area contributed by atoms with Crippen molar-refractivity contribution in [2.75, 3.05) is 4.90 Å². The maximum absolute atomic E-state index is 12.4. The van der Waals surface area contributed by atoms with Crippen molar-refractivity contribution < 1.29 is 18.8 Å². The Hall–Kier alpha value is -2.11. The third-order valence-electron chi connectivity index (χ3n) is 4.96. The van der Waals surface area contributed by atoms with Crippen LogP contribution in [-0.4, -0.2) is 34.9 Å². The Kier molecular flexibility index (Phi) is 5.10. The lowest BCUT2D eigenvalue weighted by Gasteiger charge is -2.34. The van der Waals surface area contributed by atoms with Crippen LogP contribution in [0.25, 0.3) is 0 Å². The third kappa shape index (κ3) is 3.55. The van der Waals surface area contributed by atoms with Crippen LogP contribution in [0.3, 0.4) is 0 Å². The second-order valence-corrected chi connectivity index (χ2v) is 8.43. The highest BCUT2D eigenvalue weighted by molar-refractivity contribution is 6.62. The van der Waals surface area contributed by atoms with Gasteiger partial charge in [0.25, 0.3) is 6.26 Å². The predicted octanol–water partition coefficient (Wildman–Crippen LogP) is 2.91. The van der Waals surface area contributed by atoms with Crippen molar-refractivity contribution in [2.24, 2.45) is 0 Å². The van der Waals surface area contributed by atoms with E-state index in [1.54, 1.807) is 12.4 Å². The molecule has 8 heteroatoms. The van der Waals surface area contributed by atoms with Crippen LogP contribution in [0.1, 0.15) is 54.0 Å². The van der Waals surface area contributed by atoms with Gasteiger partial charge in [-0.15, -0.1) is 5.26 Å². The molecular weight excluding hydrogens is 333 g/mol. The molecule has 1 aliphatic rings. The number of hydrogen-bond acceptors (Lipinski definition) is 6. The van der Waals surface area contributed by atoms with Crippen LogP contribution >= 0.6 is 0 Å². The van der Waals surface area contributed by atoms with Gasteiger partial charge >= 0.3 is 13.2 Å². The zero-order chi connectivity index (χ0) is 19.9. The Morgan fingerprint density at radius 3 is 2.23 bits per heavy atom. The van der Waals surface area contributed by atoms with Crippen molar-refractivity contribution >= 4 is 24.4 Å². The Morgan fingerprint density at radius 2 is 1.77 bits per heavy atom. The van der Waals surface area contributed by atoms with Crippen LogP contribution in [-0.2, 0) is 14.0 Å². The van der Waals surface area contributed by atoms with E-state index >= 15 is 0 Å². The number of rotatable bonds is 2. The number of nitrogens with zero attached hydrogens (tertiary/aromatic N) is 3. The van der Waals surface area contributed by atoms with Gasteiger partial charge in [-0.3, -0.25) is 9.88 Å². The molecule has 0 atom stereocenters. The van der Waals surface area contributed by atoms with Crippen molar-refractivity contribution in [2.45, 2.75) is 72.1 Å². The number of carbonyl (C=O) groups is 1. The lowest BCUT2D eigenvalue weighted by molar-refractivity contribution is 0.00578. The topological polar surface area (TPSA) is 84.7 Å². The fraction of sp³-hybridized carbons (Fsp3) is 0.611. The Morgan fingerprint density at radius 1 is 1.23 bits per heavy atom. The minimum absolute atomic E-state index is 0.483. The van der Waals surface area contributed by atoms with Crippen LogP contribution in [0.5, 0.6) is 0 Å². The molecule has 1 aliphatic heterocycles. The van der Waals surface area contributed by atoms with Crippen molar-refractivity contribution in [1.82, 2.24) is 4.98 Å². The van der Waals surface area contributed by atoms with Gasteiger partial charge in [0.2, 0.25) is 0 Å². The summed E-state index contributed by atoms with van der Waals surface area (Å²) < 4.78 is 16.8. The summed E-state index contributed by atoms with van der Waals surface area (Å²) in [6.45, 7) is 15.3. The van der Waals surface area contributed by atoms with Crippen LogP contribution in [0.15, 0.2) is 12.4 Å². The zero-order valence-corrected chi connectivity index (χ0v) is 16.7. The molecule has 1 saturated heterocycles. The van der Waals surface area contributed by atoms with Crippen LogP contribution in [0.4, 0.5) is 10.5 Å². The monoisotopic (exact) mass is 359 g/mol. The second-order valence-electron chi connectivity index (χ2n) is 8.43. The number of pyridine rings is 1. The Balaban J connectivity index is 2.50. The first-order valence-electron chi connectivity index (χ1n) is 8.52. The molecular formula is C18H26BN3O4. The lowest BCUT2D eigenvalue weighted by Crippen LogP contribution is -2.47. The molecule has 1 aromatic heterocycles. The van der Waals surface area contributed by atoms with Gasteiger partial charge < -0.3 is 14.0 Å². The summed E-state index contributed by atoms with van der Waals surface area (Å²) in [4.78, 5) is 18.1. The summed E-state index contributed by atoms with van der Waals surface area (Å²) in [6, 6.07) is 0. The van der Waals surface area contributed by atoms with E-state index in [-0.39, 0.29) is 0 Å². The minimum Gasteiger partial charge on any atom is -0.399 e. The van der Waals surface area contributed by atoms with E-state index in [4.69, 9.17) is 14.6 Å². The van der Waals surface area contributed by atoms with Gasteiger partial charge in [-0.2, -0.15) is 0 Å². The molecule has 140 valence electrons. The average molecular weight is 359 g/mol. The van der Waals surface area contributed by atoms with Crippen molar-refractivity contribution in [3.63, 3.8) is 0 Å². The summed E-state index contributed by atoms with van der Waals surface area (Å²) in [6.07, 6.45) is 3.94. The number of carbonyl (C=O) groups excluding carboxylic acids is 1. The van der Waals surface area contributed by atoms with Crippen molar-refractivity contribution in [3.8, 4) is 6.26 Å². The van der Waals surface area contributed by atoms with Gasteiger partial charge in [0.15, 0.2) is 0 Å². The first-order valence-corrected chi connectivity index (χ1v) is 8.52. The number of anilines is 1. The first-order chi connectivity index (χ1) is 11.8. The summed E-state index contributed by atoms with van der Waals surface area (Å²) in [5, 5.41) is 8.73. The van der Waals surface area contributed by atoms with Gasteiger partial charge in [0.1, 0.15) is 0 Å². The highest BCUT2D eigenvalue weighted by atomic mass is 16.7. The second kappa shape index (κ2) is 6.56. The predicted molar refractivity (Wildman–Crippen MR) is 99.0 cm³/mol. The van der Waals surface area contributed by atoms with Gasteiger partial charge in [0, 0.05) is 17.2 Å². The van der Waals surface area contributed by atoms with Gasteiger partial charge in [-0.1, -0.05) is 0 Å². The number of hydrogen-bond donors (Lipinski definition) is 0. The van der Waals surface area contributed by atoms with Crippen LogP contribution < -0.4 is 10.4 Å². The smallest absolute Gasteiger partial charge is 0.399 e. The maximum atomic E-state index is 12.4. The quantitative estimate of drug-likeness (QED) is 0.596. The molecule has 2 heterocycles. The maximum Gasteiger partial charge on any atom is 0.496 e. The molecule has 7 nitrogen and oxygen atoms in total. The molecule has 0 N–H and O–H groups in total. The zero-order valence-electron chi connectivity index (χ0n) is 16.7. The van der Waals surface area contributed by atoms with E-state index < -0.39 is 30.0 Å². The first kappa shape index (κ1) is 20.2. The number of ether oxygens (including phenoxy) is 1. The summed E-state index contributed by atoms with van der Waals surface area (Å²) in [5.74, 6) is 0. The summed E-state index contributed by atoms with van der Waals surface area (Å²) >= 11 is 0. The molecule has 0 aliphatic carbocycles. The van der Waals surface area contributed by atoms with E-state index in [1.165, 1.54) is 11.2 Å². The molecule has 0 radical (unpaired) electrons. The normalized spacial score (nSPS) is 18.3. The molecule has 2 rings (SSSR count). The minimum atomic E-state index is -0.754. The largest absolute Gasteiger partial charge is 0.496 e. The van der Waals surface area contributed by atoms with Gasteiger partial charge in [-0.25, -0.2) is 4.79 Å². The molecule has 0 unspecified atom stereocenters. The van der Waals surface area contributed by atoms with E-state index in [1.807, 2.05) is 55.4 Å². The van der Waals surface area contributed by atoms with Crippen LogP contribution in [0.2, 0.25) is 0 Å². The fourth-order valence-electron chi connectivity index (χ4n) is 2.78. The molecule has 26 heavy (non-hydrogen) atoms. The molecule has 1 aromatic rings. The number of aromatic nitrogens is 1. The lowest BCUT2D eigenvalue weighted by atomic mass is 9.77. The van der Waals surface area contributed by atoms with Crippen molar-refractivity contribution in [1.29, 1.82) is 5.26 Å². The van der Waals surface area contributed by atoms with E-state index in [0.29, 0.717) is 5.69 Å². The molecule has 1 amide bonds. The Bertz CT molecular complexity index is 734. The Labute approximate surface area is 155 Å². The molecule has 0 aromatic carbocycles. The van der Waals surface area contributed by atoms with Crippen molar-refractivity contribution in [3.05, 3.63) is 18.0 Å². The molecule has 1 fully saturated rings. The number of amides is 1. The summed E-state index contributed by atoms with van der Waals surface area (Å²) in [5.41, 5.74) is 0.482. The standard InChI is InChI=1S/C18H26BN3O4/c1-12-13(19-25-17(5,6)18(7,8)26-19)9-21-10-14(12)22(16(2,3)4)15(23)24-11-20/h9-10H,1-8H3. The van der Waals surface area contributed by atoms with Crippen LogP contribution in [0, 0.1) is 18.4 Å². The number of nitriles is 1. The SMILES string of the molecule is Cc1c(B2OC(C)(C)C(C)(C)O2)cncc1N(C(=O)OC#N)C(C)(C)C. The highest BCUT2D eigenvalue weighted by Crippen LogP contribution is 2.37. The third-order valence-corrected chi connectivity index (χ3v) is 4.96. The molecule has 0 spiro atoms. The van der Waals surface area contributed by atoms with E-state index in [0.717, 1.165) is 11.0 Å². The van der Waals surface area contributed by atoms with E-state index in [9.17, 15) is 4.79 Å². The van der Waals surface area contributed by atoms with Gasteiger partial charge in [-0.05, 0) is 61.0 Å². The summed E-state index contributed by atoms with van der Waals surface area (Å²) in [7, 11) is -0.596. The van der Waals surface area contributed by atoms with E-state index in [2.05, 4.69) is 9.72 Å². The molecule has 0 saturated carbocycles. The van der Waals surface area contributed by atoms with Gasteiger partial charge in [0.05, 0.1) is 23.1 Å². The highest BCUT2D eigenvalue weighted by Gasteiger charge is 2.52. The molecule has 0 bridgehead atoms.